The summed E-state index contributed by atoms with van der Waals surface area (Å²) in [5.74, 6) is -11.9. The van der Waals surface area contributed by atoms with Gasteiger partial charge in [-0.25, -0.2) is 4.79 Å². The van der Waals surface area contributed by atoms with Gasteiger partial charge in [0.15, 0.2) is 6.61 Å². The quantitative estimate of drug-likeness (QED) is 0.294. The fraction of sp³-hybridized carbons (Fsp3) is 0.500. The SMILES string of the molecule is COC(=O)c1ccc(CN2C[C@@H]3C[C@H]2CN3Cc2ccc(OCC(F)(F)C(F)(F)C(F)(F)F)cc2)cc1OC. The van der Waals surface area contributed by atoms with Crippen molar-refractivity contribution in [3.05, 3.63) is 59.2 Å². The predicted molar refractivity (Wildman–Crippen MR) is 125 cm³/mol. The number of hydrogen-bond donors (Lipinski definition) is 0. The van der Waals surface area contributed by atoms with E-state index in [1.165, 1.54) is 26.4 Å². The smallest absolute Gasteiger partial charge is 0.460 e. The van der Waals surface area contributed by atoms with Gasteiger partial charge in [-0.2, -0.15) is 30.7 Å². The van der Waals surface area contributed by atoms with Crippen molar-refractivity contribution in [1.29, 1.82) is 0 Å². The Morgan fingerprint density at radius 2 is 1.44 bits per heavy atom. The first-order chi connectivity index (χ1) is 18.3. The highest BCUT2D eigenvalue weighted by molar-refractivity contribution is 5.92. The van der Waals surface area contributed by atoms with Crippen LogP contribution in [0.2, 0.25) is 0 Å². The van der Waals surface area contributed by atoms with Crippen LogP contribution in [0.1, 0.15) is 27.9 Å². The fourth-order valence-corrected chi connectivity index (χ4v) is 4.96. The molecule has 2 fully saturated rings. The van der Waals surface area contributed by atoms with Crippen molar-refractivity contribution in [3.8, 4) is 11.5 Å². The number of methoxy groups -OCH3 is 2. The lowest BCUT2D eigenvalue weighted by atomic mass is 10.1. The van der Waals surface area contributed by atoms with Crippen molar-refractivity contribution in [3.63, 3.8) is 0 Å². The number of carbonyl (C=O) groups is 1. The Labute approximate surface area is 220 Å². The molecule has 2 saturated heterocycles. The minimum Gasteiger partial charge on any atom is -0.496 e. The lowest BCUT2D eigenvalue weighted by Gasteiger charge is -2.34. The van der Waals surface area contributed by atoms with Gasteiger partial charge in [0.25, 0.3) is 0 Å². The Morgan fingerprint density at radius 1 is 0.872 bits per heavy atom. The first-order valence-electron chi connectivity index (χ1n) is 12.0. The van der Waals surface area contributed by atoms with Gasteiger partial charge in [-0.1, -0.05) is 18.2 Å². The van der Waals surface area contributed by atoms with Crippen LogP contribution in [0.25, 0.3) is 0 Å². The summed E-state index contributed by atoms with van der Waals surface area (Å²) in [6.45, 7) is 0.729. The van der Waals surface area contributed by atoms with Gasteiger partial charge in [-0.15, -0.1) is 0 Å². The highest BCUT2D eigenvalue weighted by Crippen LogP contribution is 2.46. The van der Waals surface area contributed by atoms with Crippen LogP contribution in [0.15, 0.2) is 42.5 Å². The van der Waals surface area contributed by atoms with E-state index in [4.69, 9.17) is 9.47 Å². The molecule has 214 valence electrons. The van der Waals surface area contributed by atoms with E-state index in [0.29, 0.717) is 30.4 Å². The number of rotatable bonds is 10. The molecule has 2 atom stereocenters. The van der Waals surface area contributed by atoms with E-state index >= 15 is 0 Å². The van der Waals surface area contributed by atoms with Gasteiger partial charge in [0, 0.05) is 38.3 Å². The molecule has 4 rings (SSSR count). The van der Waals surface area contributed by atoms with Crippen molar-refractivity contribution in [2.75, 3.05) is 33.9 Å². The average molecular weight is 564 g/mol. The standard InChI is InChI=1S/C26H27F7N2O4/c1-37-22-9-17(5-8-21(22)23(36)38-2)12-35-14-18-10-19(35)13-34(18)11-16-3-6-20(7-4-16)39-15-24(27,28)25(29,30)26(31,32)33/h3-9,18-19H,10-15H2,1-2H3/t18-,19-/m0/s1. The Balaban J connectivity index is 1.29. The van der Waals surface area contributed by atoms with Gasteiger partial charge >= 0.3 is 24.0 Å². The summed E-state index contributed by atoms with van der Waals surface area (Å²) < 4.78 is 104. The summed E-state index contributed by atoms with van der Waals surface area (Å²) in [4.78, 5) is 16.5. The molecule has 0 aromatic heterocycles. The predicted octanol–water partition coefficient (Wildman–Crippen LogP) is 5.15. The maximum Gasteiger partial charge on any atom is 0.460 e. The largest absolute Gasteiger partial charge is 0.496 e. The summed E-state index contributed by atoms with van der Waals surface area (Å²) in [6.07, 6.45) is -5.43. The first-order valence-corrected chi connectivity index (χ1v) is 12.0. The zero-order valence-electron chi connectivity index (χ0n) is 21.1. The van der Waals surface area contributed by atoms with Crippen LogP contribution >= 0.6 is 0 Å². The number of hydrogen-bond acceptors (Lipinski definition) is 6. The molecule has 0 spiro atoms. The van der Waals surface area contributed by atoms with Crippen molar-refractivity contribution >= 4 is 5.97 Å². The molecule has 39 heavy (non-hydrogen) atoms. The highest BCUT2D eigenvalue weighted by Gasteiger charge is 2.73. The fourth-order valence-electron chi connectivity index (χ4n) is 4.96. The second-order valence-corrected chi connectivity index (χ2v) is 9.64. The molecule has 0 unspecified atom stereocenters. The lowest BCUT2D eigenvalue weighted by Crippen LogP contribution is -2.54. The molecule has 0 radical (unpaired) electrons. The van der Waals surface area contributed by atoms with E-state index in [1.54, 1.807) is 18.2 Å². The first kappa shape index (κ1) is 28.9. The summed E-state index contributed by atoms with van der Waals surface area (Å²) in [7, 11) is 2.79. The summed E-state index contributed by atoms with van der Waals surface area (Å²) in [6, 6.07) is 11.6. The molecule has 2 aromatic rings. The number of esters is 1. The Morgan fingerprint density at radius 3 is 1.95 bits per heavy atom. The van der Waals surface area contributed by atoms with Crippen LogP contribution < -0.4 is 9.47 Å². The number of piperazine rings is 1. The molecule has 0 saturated carbocycles. The topological polar surface area (TPSA) is 51.2 Å². The normalized spacial score (nSPS) is 20.3. The number of alkyl halides is 7. The summed E-state index contributed by atoms with van der Waals surface area (Å²) >= 11 is 0. The average Bonchev–Trinajstić information content (AvgIpc) is 3.47. The zero-order valence-corrected chi connectivity index (χ0v) is 21.1. The Bertz CT molecular complexity index is 1170. The molecule has 2 bridgehead atoms. The van der Waals surface area contributed by atoms with E-state index in [-0.39, 0.29) is 11.8 Å². The molecule has 0 N–H and O–H groups in total. The van der Waals surface area contributed by atoms with E-state index in [2.05, 4.69) is 14.5 Å². The number of fused-ring (bicyclic) bond motifs is 2. The Hall–Kier alpha value is -3.06. The van der Waals surface area contributed by atoms with Crippen molar-refractivity contribution < 1.29 is 49.7 Å². The third-order valence-corrected chi connectivity index (χ3v) is 7.07. The third-order valence-electron chi connectivity index (χ3n) is 7.07. The number of likely N-dealkylation sites (tertiary alicyclic amines) is 2. The van der Waals surface area contributed by atoms with Crippen molar-refractivity contribution in [2.45, 2.75) is 49.6 Å². The minimum atomic E-state index is -6.39. The van der Waals surface area contributed by atoms with Crippen LogP contribution in [0, 0.1) is 0 Å². The number of nitrogens with zero attached hydrogens (tertiary/aromatic N) is 2. The van der Waals surface area contributed by atoms with Gasteiger partial charge in [0.05, 0.1) is 14.2 Å². The number of ether oxygens (including phenoxy) is 3. The van der Waals surface area contributed by atoms with Crippen LogP contribution in [0.4, 0.5) is 30.7 Å². The van der Waals surface area contributed by atoms with E-state index < -0.39 is 30.6 Å². The van der Waals surface area contributed by atoms with Gasteiger partial charge in [0.2, 0.25) is 0 Å². The summed E-state index contributed by atoms with van der Waals surface area (Å²) in [5.41, 5.74) is 2.16. The second kappa shape index (κ2) is 10.8. The molecular formula is C26H27F7N2O4. The monoisotopic (exact) mass is 564 g/mol. The van der Waals surface area contributed by atoms with Crippen LogP contribution in [0.3, 0.4) is 0 Å². The van der Waals surface area contributed by atoms with Gasteiger partial charge < -0.3 is 14.2 Å². The maximum atomic E-state index is 13.5. The molecule has 0 aliphatic carbocycles. The van der Waals surface area contributed by atoms with Crippen LogP contribution in [-0.4, -0.2) is 79.8 Å². The van der Waals surface area contributed by atoms with Crippen LogP contribution in [0.5, 0.6) is 11.5 Å². The minimum absolute atomic E-state index is 0.237. The summed E-state index contributed by atoms with van der Waals surface area (Å²) in [5, 5.41) is 0. The lowest BCUT2D eigenvalue weighted by molar-refractivity contribution is -0.358. The molecule has 6 nitrogen and oxygen atoms in total. The van der Waals surface area contributed by atoms with Gasteiger partial charge in [0.1, 0.15) is 17.1 Å². The van der Waals surface area contributed by atoms with E-state index in [0.717, 1.165) is 30.6 Å². The van der Waals surface area contributed by atoms with E-state index in [1.807, 2.05) is 12.1 Å². The number of halogens is 7. The molecule has 0 amide bonds. The molecular weight excluding hydrogens is 537 g/mol. The second-order valence-electron chi connectivity index (χ2n) is 9.64. The van der Waals surface area contributed by atoms with Gasteiger partial charge in [-0.3, -0.25) is 9.80 Å². The number of carbonyl (C=O) groups excluding carboxylic acids is 1. The van der Waals surface area contributed by atoms with Gasteiger partial charge in [-0.05, 0) is 41.8 Å². The zero-order chi connectivity index (χ0) is 28.6. The maximum absolute atomic E-state index is 13.5. The Kier molecular flexibility index (Phi) is 8.04. The highest BCUT2D eigenvalue weighted by atomic mass is 19.4. The van der Waals surface area contributed by atoms with E-state index in [9.17, 15) is 35.5 Å². The number of benzene rings is 2. The molecule has 2 heterocycles. The van der Waals surface area contributed by atoms with Crippen LogP contribution in [-0.2, 0) is 17.8 Å². The molecule has 2 aliphatic heterocycles. The van der Waals surface area contributed by atoms with Crippen molar-refractivity contribution in [2.24, 2.45) is 0 Å². The van der Waals surface area contributed by atoms with Crippen molar-refractivity contribution in [1.82, 2.24) is 9.80 Å². The molecule has 13 heteroatoms. The third kappa shape index (κ3) is 5.93. The molecule has 2 aliphatic rings. The molecule has 2 aromatic carbocycles.